The SMILES string of the molecule is CCc1cc(CNc2[nH]nc(Nc3ccc4[nH]ncc4c3)c2C(N)=O)cc(CC)c1O. The van der Waals surface area contributed by atoms with E-state index in [-0.39, 0.29) is 5.56 Å². The number of anilines is 3. The summed E-state index contributed by atoms with van der Waals surface area (Å²) < 4.78 is 0. The fourth-order valence-corrected chi connectivity index (χ4v) is 3.62. The number of primary amides is 1. The van der Waals surface area contributed by atoms with Crippen LogP contribution in [0, 0.1) is 0 Å². The highest BCUT2D eigenvalue weighted by Crippen LogP contribution is 2.28. The van der Waals surface area contributed by atoms with Gasteiger partial charge in [-0.15, -0.1) is 0 Å². The van der Waals surface area contributed by atoms with E-state index < -0.39 is 5.91 Å². The molecule has 0 fully saturated rings. The fourth-order valence-electron chi connectivity index (χ4n) is 3.62. The van der Waals surface area contributed by atoms with E-state index in [4.69, 9.17) is 5.73 Å². The predicted molar refractivity (Wildman–Crippen MR) is 121 cm³/mol. The first kappa shape index (κ1) is 20.3. The molecule has 0 radical (unpaired) electrons. The van der Waals surface area contributed by atoms with Gasteiger partial charge in [0.2, 0.25) is 0 Å². The molecule has 4 aromatic rings. The summed E-state index contributed by atoms with van der Waals surface area (Å²) in [6, 6.07) is 9.58. The molecule has 2 aromatic heterocycles. The first-order valence-corrected chi connectivity index (χ1v) is 10.2. The number of hydrogen-bond donors (Lipinski definition) is 6. The largest absolute Gasteiger partial charge is 0.507 e. The number of amides is 1. The first-order valence-electron chi connectivity index (χ1n) is 10.2. The zero-order valence-electron chi connectivity index (χ0n) is 17.4. The van der Waals surface area contributed by atoms with Gasteiger partial charge >= 0.3 is 0 Å². The number of benzene rings is 2. The molecule has 160 valence electrons. The van der Waals surface area contributed by atoms with Gasteiger partial charge in [0.15, 0.2) is 5.82 Å². The van der Waals surface area contributed by atoms with E-state index in [1.54, 1.807) is 6.20 Å². The molecule has 4 rings (SSSR count). The van der Waals surface area contributed by atoms with Gasteiger partial charge in [-0.3, -0.25) is 15.0 Å². The number of aromatic amines is 2. The molecule has 0 bridgehead atoms. The number of carbonyl (C=O) groups excluding carboxylic acids is 1. The van der Waals surface area contributed by atoms with Crippen LogP contribution in [0.15, 0.2) is 36.5 Å². The summed E-state index contributed by atoms with van der Waals surface area (Å²) >= 11 is 0. The Morgan fingerprint density at radius 3 is 2.55 bits per heavy atom. The third-order valence-corrected chi connectivity index (χ3v) is 5.27. The van der Waals surface area contributed by atoms with Crippen molar-refractivity contribution in [2.75, 3.05) is 10.6 Å². The minimum absolute atomic E-state index is 0.248. The summed E-state index contributed by atoms with van der Waals surface area (Å²) in [5, 5.41) is 31.6. The maximum atomic E-state index is 12.2. The van der Waals surface area contributed by atoms with E-state index in [0.29, 0.717) is 23.9 Å². The monoisotopic (exact) mass is 419 g/mol. The predicted octanol–water partition coefficient (Wildman–Crippen LogP) is 3.57. The van der Waals surface area contributed by atoms with Gasteiger partial charge < -0.3 is 21.5 Å². The van der Waals surface area contributed by atoms with Crippen molar-refractivity contribution in [2.24, 2.45) is 5.73 Å². The molecule has 9 heteroatoms. The van der Waals surface area contributed by atoms with Crippen LogP contribution in [-0.2, 0) is 19.4 Å². The summed E-state index contributed by atoms with van der Waals surface area (Å²) in [6.07, 6.45) is 3.19. The van der Waals surface area contributed by atoms with Crippen LogP contribution in [0.3, 0.4) is 0 Å². The van der Waals surface area contributed by atoms with Crippen molar-refractivity contribution in [1.82, 2.24) is 20.4 Å². The van der Waals surface area contributed by atoms with Crippen molar-refractivity contribution in [2.45, 2.75) is 33.2 Å². The van der Waals surface area contributed by atoms with E-state index in [9.17, 15) is 9.90 Å². The fraction of sp³-hybridized carbons (Fsp3) is 0.227. The Balaban J connectivity index is 1.57. The smallest absolute Gasteiger partial charge is 0.256 e. The lowest BCUT2D eigenvalue weighted by molar-refractivity contribution is 0.100. The maximum Gasteiger partial charge on any atom is 0.256 e. The van der Waals surface area contributed by atoms with Crippen molar-refractivity contribution >= 4 is 34.1 Å². The minimum atomic E-state index is -0.600. The molecule has 2 heterocycles. The van der Waals surface area contributed by atoms with Crippen LogP contribution in [0.4, 0.5) is 17.3 Å². The molecule has 1 amide bonds. The van der Waals surface area contributed by atoms with Gasteiger partial charge in [-0.1, -0.05) is 26.0 Å². The number of phenolic OH excluding ortho intramolecular Hbond substituents is 1. The molecular weight excluding hydrogens is 394 g/mol. The number of phenols is 1. The number of nitrogens with one attached hydrogen (secondary N) is 4. The van der Waals surface area contributed by atoms with Crippen LogP contribution in [0.2, 0.25) is 0 Å². The summed E-state index contributed by atoms with van der Waals surface area (Å²) in [6.45, 7) is 4.46. The third kappa shape index (κ3) is 4.02. The average Bonchev–Trinajstić information content (AvgIpc) is 3.39. The Bertz CT molecular complexity index is 1220. The number of aromatic hydroxyl groups is 1. The number of nitrogens with two attached hydrogens (primary N) is 1. The second kappa shape index (κ2) is 8.39. The number of nitrogens with zero attached hydrogens (tertiary/aromatic N) is 2. The lowest BCUT2D eigenvalue weighted by Gasteiger charge is -2.12. The van der Waals surface area contributed by atoms with Crippen molar-refractivity contribution in [3.05, 3.63) is 58.8 Å². The number of aromatic nitrogens is 4. The second-order valence-corrected chi connectivity index (χ2v) is 7.31. The average molecular weight is 419 g/mol. The molecule has 0 saturated heterocycles. The Morgan fingerprint density at radius 1 is 1.13 bits per heavy atom. The second-order valence-electron chi connectivity index (χ2n) is 7.31. The summed E-state index contributed by atoms with van der Waals surface area (Å²) in [7, 11) is 0. The lowest BCUT2D eigenvalue weighted by atomic mass is 10.0. The molecule has 0 aliphatic rings. The van der Waals surface area contributed by atoms with Crippen LogP contribution in [0.1, 0.15) is 40.9 Å². The molecule has 0 atom stereocenters. The molecule has 0 unspecified atom stereocenters. The van der Waals surface area contributed by atoms with Crippen molar-refractivity contribution in [3.63, 3.8) is 0 Å². The quantitative estimate of drug-likeness (QED) is 0.257. The summed E-state index contributed by atoms with van der Waals surface area (Å²) in [4.78, 5) is 12.2. The molecule has 0 aliphatic heterocycles. The number of fused-ring (bicyclic) bond motifs is 1. The Labute approximate surface area is 179 Å². The van der Waals surface area contributed by atoms with Gasteiger partial charge in [-0.05, 0) is 47.7 Å². The molecular formula is C22H25N7O2. The zero-order chi connectivity index (χ0) is 22.0. The molecule has 7 N–H and O–H groups in total. The van der Waals surface area contributed by atoms with Gasteiger partial charge in [0.25, 0.3) is 5.91 Å². The standard InChI is InChI=1S/C22H25N7O2/c1-3-13-7-12(8-14(4-2)19(13)30)10-24-21-18(20(23)31)22(29-28-21)26-16-5-6-17-15(9-16)11-25-27-17/h5-9,11,30H,3-4,10H2,1-2H3,(H2,23,31)(H,25,27)(H3,24,26,28,29). The minimum Gasteiger partial charge on any atom is -0.507 e. The Hall–Kier alpha value is -4.01. The van der Waals surface area contributed by atoms with Crippen LogP contribution in [0.5, 0.6) is 5.75 Å². The summed E-state index contributed by atoms with van der Waals surface area (Å²) in [5.41, 5.74) is 10.3. The highest BCUT2D eigenvalue weighted by atomic mass is 16.3. The van der Waals surface area contributed by atoms with E-state index in [2.05, 4.69) is 31.0 Å². The normalized spacial score (nSPS) is 11.0. The third-order valence-electron chi connectivity index (χ3n) is 5.27. The van der Waals surface area contributed by atoms with Gasteiger partial charge in [0.05, 0.1) is 11.7 Å². The molecule has 0 aliphatic carbocycles. The number of hydrogen-bond acceptors (Lipinski definition) is 6. The molecule has 2 aromatic carbocycles. The highest BCUT2D eigenvalue weighted by Gasteiger charge is 2.19. The Morgan fingerprint density at radius 2 is 1.87 bits per heavy atom. The summed E-state index contributed by atoms with van der Waals surface area (Å²) in [5.74, 6) is 0.530. The molecule has 0 saturated carbocycles. The van der Waals surface area contributed by atoms with Crippen LogP contribution in [0.25, 0.3) is 10.9 Å². The lowest BCUT2D eigenvalue weighted by Crippen LogP contribution is -2.15. The zero-order valence-corrected chi connectivity index (χ0v) is 17.4. The molecule has 31 heavy (non-hydrogen) atoms. The van der Waals surface area contributed by atoms with Gasteiger partial charge in [-0.2, -0.15) is 10.2 Å². The van der Waals surface area contributed by atoms with Gasteiger partial charge in [0.1, 0.15) is 17.1 Å². The van der Waals surface area contributed by atoms with Gasteiger partial charge in [-0.25, -0.2) is 0 Å². The van der Waals surface area contributed by atoms with Crippen LogP contribution < -0.4 is 16.4 Å². The van der Waals surface area contributed by atoms with E-state index in [1.807, 2.05) is 44.2 Å². The molecule has 0 spiro atoms. The highest BCUT2D eigenvalue weighted by molar-refractivity contribution is 6.03. The van der Waals surface area contributed by atoms with E-state index >= 15 is 0 Å². The molecule has 9 nitrogen and oxygen atoms in total. The van der Waals surface area contributed by atoms with Crippen LogP contribution >= 0.6 is 0 Å². The van der Waals surface area contributed by atoms with Crippen molar-refractivity contribution in [3.8, 4) is 5.75 Å². The van der Waals surface area contributed by atoms with Crippen molar-refractivity contribution in [1.29, 1.82) is 0 Å². The number of carbonyl (C=O) groups is 1. The number of rotatable bonds is 8. The first-order chi connectivity index (χ1) is 15.0. The van der Waals surface area contributed by atoms with Gasteiger partial charge in [0, 0.05) is 17.6 Å². The number of H-pyrrole nitrogens is 2. The van der Waals surface area contributed by atoms with Crippen LogP contribution in [-0.4, -0.2) is 31.4 Å². The maximum absolute atomic E-state index is 12.2. The van der Waals surface area contributed by atoms with E-state index in [1.165, 1.54) is 0 Å². The van der Waals surface area contributed by atoms with Crippen molar-refractivity contribution < 1.29 is 9.90 Å². The Kier molecular flexibility index (Phi) is 5.48. The topological polar surface area (TPSA) is 145 Å². The number of aryl methyl sites for hydroxylation is 2. The van der Waals surface area contributed by atoms with E-state index in [0.717, 1.165) is 46.1 Å².